The third-order valence-corrected chi connectivity index (χ3v) is 8.15. The summed E-state index contributed by atoms with van der Waals surface area (Å²) in [6.07, 6.45) is 1.02. The number of aliphatic hydroxyl groups is 1. The monoisotopic (exact) mass is 507 g/mol. The summed E-state index contributed by atoms with van der Waals surface area (Å²) in [7, 11) is 1.56. The first-order valence-corrected chi connectivity index (χ1v) is 12.6. The zero-order valence-electron chi connectivity index (χ0n) is 21.3. The lowest BCUT2D eigenvalue weighted by Crippen LogP contribution is -2.55. The van der Waals surface area contributed by atoms with E-state index in [1.165, 1.54) is 4.90 Å². The minimum Gasteiger partial charge on any atom is -0.497 e. The second-order valence-electron chi connectivity index (χ2n) is 10.4. The highest BCUT2D eigenvalue weighted by molar-refractivity contribution is 6.03. The van der Waals surface area contributed by atoms with Gasteiger partial charge < -0.3 is 30.1 Å². The number of benzene rings is 2. The van der Waals surface area contributed by atoms with E-state index in [9.17, 15) is 19.5 Å². The number of carbonyl (C=O) groups is 3. The fourth-order valence-electron chi connectivity index (χ4n) is 6.41. The normalized spacial score (nSPS) is 30.6. The molecular weight excluding hydrogens is 474 g/mol. The van der Waals surface area contributed by atoms with Crippen molar-refractivity contribution in [2.45, 2.75) is 56.5 Å². The van der Waals surface area contributed by atoms with Gasteiger partial charge in [0, 0.05) is 12.2 Å². The van der Waals surface area contributed by atoms with Gasteiger partial charge >= 0.3 is 0 Å². The molecule has 3 saturated heterocycles. The van der Waals surface area contributed by atoms with Crippen molar-refractivity contribution in [1.82, 2.24) is 10.2 Å². The third kappa shape index (κ3) is 4.06. The predicted molar refractivity (Wildman–Crippen MR) is 136 cm³/mol. The molecule has 0 aromatic heterocycles. The van der Waals surface area contributed by atoms with E-state index in [0.29, 0.717) is 30.8 Å². The molecule has 3 aliphatic heterocycles. The quantitative estimate of drug-likeness (QED) is 0.504. The molecule has 9 heteroatoms. The average molecular weight is 508 g/mol. The summed E-state index contributed by atoms with van der Waals surface area (Å²) < 4.78 is 11.8. The molecule has 0 aliphatic carbocycles. The molecule has 5 rings (SSSR count). The summed E-state index contributed by atoms with van der Waals surface area (Å²) in [6, 6.07) is 14.9. The number of carbonyl (C=O) groups excluding carboxylic acids is 3. The molecular formula is C28H33N3O6. The number of hydrogen-bond acceptors (Lipinski definition) is 6. The van der Waals surface area contributed by atoms with Crippen molar-refractivity contribution in [2.75, 3.05) is 19.0 Å². The van der Waals surface area contributed by atoms with Crippen LogP contribution in [-0.4, -0.2) is 64.7 Å². The minimum absolute atomic E-state index is 0.265. The van der Waals surface area contributed by atoms with Gasteiger partial charge in [0.25, 0.3) is 0 Å². The van der Waals surface area contributed by atoms with E-state index < -0.39 is 41.0 Å². The molecule has 2 unspecified atom stereocenters. The highest BCUT2D eigenvalue weighted by Gasteiger charge is 2.78. The van der Waals surface area contributed by atoms with Crippen molar-refractivity contribution in [3.8, 4) is 5.75 Å². The maximum Gasteiger partial charge on any atom is 0.250 e. The standard InChI is InChI=1S/C28H33N3O6/c1-17(16-32)31-23(25(34)30-19-9-11-20(36-3)12-10-19)28-14-13-27(2,37-28)21(22(28)26(31)35)24(33)29-15-18-7-5-4-6-8-18/h4-12,17,21-23,32H,13-16H2,1-3H3,(H,29,33)(H,30,34)/t17-,21-,22+,23?,27+,28?/m1/s1. The van der Waals surface area contributed by atoms with Crippen molar-refractivity contribution >= 4 is 23.4 Å². The maximum atomic E-state index is 13.9. The Bertz CT molecular complexity index is 1190. The Balaban J connectivity index is 1.45. The second kappa shape index (κ2) is 9.46. The van der Waals surface area contributed by atoms with Crippen LogP contribution in [0.25, 0.3) is 0 Å². The summed E-state index contributed by atoms with van der Waals surface area (Å²) in [5.41, 5.74) is -0.523. The first kappa shape index (κ1) is 25.2. The zero-order chi connectivity index (χ0) is 26.4. The van der Waals surface area contributed by atoms with Crippen molar-refractivity contribution in [1.29, 1.82) is 0 Å². The Hall–Kier alpha value is -3.43. The summed E-state index contributed by atoms with van der Waals surface area (Å²) in [5, 5.41) is 15.9. The first-order chi connectivity index (χ1) is 17.7. The van der Waals surface area contributed by atoms with Crippen LogP contribution in [0.5, 0.6) is 5.75 Å². The smallest absolute Gasteiger partial charge is 0.250 e. The van der Waals surface area contributed by atoms with E-state index in [1.54, 1.807) is 38.3 Å². The number of likely N-dealkylation sites (tertiary alicyclic amines) is 1. The van der Waals surface area contributed by atoms with Gasteiger partial charge in [0.05, 0.1) is 37.2 Å². The van der Waals surface area contributed by atoms with Gasteiger partial charge in [0.15, 0.2) is 0 Å². The van der Waals surface area contributed by atoms with Crippen LogP contribution in [0.4, 0.5) is 5.69 Å². The SMILES string of the molecule is COc1ccc(NC(=O)C2N([C@H](C)CO)C(=O)[C@@H]3[C@H](C(=O)NCc4ccccc4)[C@]4(C)CCC23O4)cc1. The van der Waals surface area contributed by atoms with Gasteiger partial charge in [0.2, 0.25) is 17.7 Å². The van der Waals surface area contributed by atoms with E-state index in [2.05, 4.69) is 10.6 Å². The van der Waals surface area contributed by atoms with Gasteiger partial charge in [-0.05, 0) is 56.5 Å². The van der Waals surface area contributed by atoms with Gasteiger partial charge in [-0.2, -0.15) is 0 Å². The van der Waals surface area contributed by atoms with Crippen LogP contribution >= 0.6 is 0 Å². The topological polar surface area (TPSA) is 117 Å². The minimum atomic E-state index is -1.15. The molecule has 2 bridgehead atoms. The van der Waals surface area contributed by atoms with Crippen molar-refractivity contribution < 1.29 is 29.0 Å². The molecule has 2 aromatic carbocycles. The number of rotatable bonds is 8. The Morgan fingerprint density at radius 3 is 2.49 bits per heavy atom. The highest BCUT2D eigenvalue weighted by Crippen LogP contribution is 2.63. The molecule has 3 fully saturated rings. The number of methoxy groups -OCH3 is 1. The molecule has 9 nitrogen and oxygen atoms in total. The summed E-state index contributed by atoms with van der Waals surface area (Å²) in [4.78, 5) is 42.6. The molecule has 0 radical (unpaired) electrons. The second-order valence-corrected chi connectivity index (χ2v) is 10.4. The Morgan fingerprint density at radius 1 is 1.14 bits per heavy atom. The van der Waals surface area contributed by atoms with Crippen LogP contribution in [0.1, 0.15) is 32.3 Å². The third-order valence-electron chi connectivity index (χ3n) is 8.15. The van der Waals surface area contributed by atoms with Gasteiger partial charge in [-0.15, -0.1) is 0 Å². The fourth-order valence-corrected chi connectivity index (χ4v) is 6.41. The molecule has 6 atom stereocenters. The number of nitrogens with one attached hydrogen (secondary N) is 2. The van der Waals surface area contributed by atoms with E-state index in [4.69, 9.17) is 9.47 Å². The van der Waals surface area contributed by atoms with Crippen LogP contribution in [0.2, 0.25) is 0 Å². The van der Waals surface area contributed by atoms with Crippen molar-refractivity contribution in [2.24, 2.45) is 11.8 Å². The number of hydrogen-bond donors (Lipinski definition) is 3. The lowest BCUT2D eigenvalue weighted by atomic mass is 9.66. The molecule has 3 amide bonds. The van der Waals surface area contributed by atoms with Gasteiger partial charge in [-0.1, -0.05) is 30.3 Å². The Labute approximate surface area is 216 Å². The van der Waals surface area contributed by atoms with E-state index >= 15 is 0 Å². The van der Waals surface area contributed by atoms with E-state index in [0.717, 1.165) is 5.56 Å². The lowest BCUT2D eigenvalue weighted by Gasteiger charge is -2.35. The van der Waals surface area contributed by atoms with Crippen LogP contribution in [0.15, 0.2) is 54.6 Å². The summed E-state index contributed by atoms with van der Waals surface area (Å²) in [6.45, 7) is 3.57. The fraction of sp³-hybridized carbons (Fsp3) is 0.464. The van der Waals surface area contributed by atoms with Crippen molar-refractivity contribution in [3.05, 3.63) is 60.2 Å². The zero-order valence-corrected chi connectivity index (χ0v) is 21.3. The van der Waals surface area contributed by atoms with Crippen LogP contribution in [0, 0.1) is 11.8 Å². The summed E-state index contributed by atoms with van der Waals surface area (Å²) >= 11 is 0. The van der Waals surface area contributed by atoms with E-state index in [-0.39, 0.29) is 18.4 Å². The maximum absolute atomic E-state index is 13.9. The van der Waals surface area contributed by atoms with Gasteiger partial charge in [0.1, 0.15) is 17.4 Å². The number of amides is 3. The van der Waals surface area contributed by atoms with Crippen LogP contribution in [-0.2, 0) is 25.7 Å². The molecule has 3 heterocycles. The van der Waals surface area contributed by atoms with E-state index in [1.807, 2.05) is 37.3 Å². The predicted octanol–water partition coefficient (Wildman–Crippen LogP) is 2.10. The van der Waals surface area contributed by atoms with Crippen LogP contribution in [0.3, 0.4) is 0 Å². The molecule has 0 saturated carbocycles. The molecule has 3 N–H and O–H groups in total. The Morgan fingerprint density at radius 2 is 1.84 bits per heavy atom. The van der Waals surface area contributed by atoms with Crippen LogP contribution < -0.4 is 15.4 Å². The summed E-state index contributed by atoms with van der Waals surface area (Å²) in [5.74, 6) is -1.92. The first-order valence-electron chi connectivity index (χ1n) is 12.6. The number of nitrogens with zero attached hydrogens (tertiary/aromatic N) is 1. The average Bonchev–Trinajstić information content (AvgIpc) is 3.48. The van der Waals surface area contributed by atoms with Gasteiger partial charge in [-0.25, -0.2) is 0 Å². The number of aliphatic hydroxyl groups excluding tert-OH is 1. The Kier molecular flexibility index (Phi) is 6.45. The number of ether oxygens (including phenoxy) is 2. The molecule has 1 spiro atoms. The van der Waals surface area contributed by atoms with Crippen molar-refractivity contribution in [3.63, 3.8) is 0 Å². The number of fused-ring (bicyclic) bond motifs is 1. The molecule has 196 valence electrons. The largest absolute Gasteiger partial charge is 0.497 e. The molecule has 2 aromatic rings. The van der Waals surface area contributed by atoms with Gasteiger partial charge in [-0.3, -0.25) is 14.4 Å². The molecule has 3 aliphatic rings. The number of anilines is 1. The highest BCUT2D eigenvalue weighted by atomic mass is 16.5. The lowest BCUT2D eigenvalue weighted by molar-refractivity contribution is -0.147. The molecule has 37 heavy (non-hydrogen) atoms.